The first-order valence-corrected chi connectivity index (χ1v) is 8.50. The molecule has 1 aromatic rings. The van der Waals surface area contributed by atoms with Crippen LogP contribution in [0.4, 0.5) is 0 Å². The van der Waals surface area contributed by atoms with Crippen molar-refractivity contribution in [1.82, 2.24) is 10.3 Å². The van der Waals surface area contributed by atoms with E-state index in [0.29, 0.717) is 17.4 Å². The highest BCUT2D eigenvalue weighted by Crippen LogP contribution is 2.44. The number of methoxy groups -OCH3 is 1. The zero-order valence-corrected chi connectivity index (χ0v) is 14.3. The van der Waals surface area contributed by atoms with Crippen LogP contribution in [-0.4, -0.2) is 25.2 Å². The quantitative estimate of drug-likeness (QED) is 0.864. The van der Waals surface area contributed by atoms with Gasteiger partial charge in [-0.2, -0.15) is 0 Å². The number of ether oxygens (including phenoxy) is 1. The van der Waals surface area contributed by atoms with Crippen LogP contribution in [-0.2, 0) is 11.2 Å². The number of thiazole rings is 1. The number of hydrogen-bond acceptors (Lipinski definition) is 4. The fourth-order valence-corrected chi connectivity index (χ4v) is 4.16. The second-order valence-corrected chi connectivity index (χ2v) is 7.83. The lowest BCUT2D eigenvalue weighted by molar-refractivity contribution is 0.184. The van der Waals surface area contributed by atoms with Gasteiger partial charge in [-0.15, -0.1) is 11.3 Å². The molecular weight excluding hydrogens is 268 g/mol. The van der Waals surface area contributed by atoms with E-state index in [1.165, 1.54) is 28.4 Å². The molecule has 1 aliphatic carbocycles. The van der Waals surface area contributed by atoms with E-state index in [2.05, 4.69) is 33.0 Å². The maximum atomic E-state index is 5.27. The van der Waals surface area contributed by atoms with Gasteiger partial charge in [-0.1, -0.05) is 27.7 Å². The largest absolute Gasteiger partial charge is 0.384 e. The Hall–Kier alpha value is -0.450. The van der Waals surface area contributed by atoms with Crippen LogP contribution in [0.5, 0.6) is 0 Å². The Balaban J connectivity index is 2.24. The van der Waals surface area contributed by atoms with E-state index in [1.807, 2.05) is 11.3 Å². The Kier molecular flexibility index (Phi) is 5.21. The van der Waals surface area contributed by atoms with Gasteiger partial charge in [-0.3, -0.25) is 0 Å². The minimum atomic E-state index is 0.342. The molecule has 0 saturated carbocycles. The van der Waals surface area contributed by atoms with Gasteiger partial charge in [0.25, 0.3) is 0 Å². The first kappa shape index (κ1) is 15.9. The molecule has 1 heterocycles. The zero-order chi connectivity index (χ0) is 14.8. The van der Waals surface area contributed by atoms with Crippen LogP contribution in [0.1, 0.15) is 68.1 Å². The van der Waals surface area contributed by atoms with E-state index < -0.39 is 0 Å². The summed E-state index contributed by atoms with van der Waals surface area (Å²) in [6.07, 6.45) is 3.49. The number of aromatic nitrogens is 1. The van der Waals surface area contributed by atoms with Crippen LogP contribution in [0.15, 0.2) is 0 Å². The third kappa shape index (κ3) is 3.60. The van der Waals surface area contributed by atoms with Crippen molar-refractivity contribution in [2.24, 2.45) is 5.41 Å². The standard InChI is InChI=1S/C16H28N2OS/c1-6-7-17-12-8-16(3,4)9-13-14(12)20-15(18-13)11(2)10-19-5/h11-12,17H,6-10H2,1-5H3. The molecule has 0 bridgehead atoms. The molecule has 4 heteroatoms. The number of fused-ring (bicyclic) bond motifs is 1. The summed E-state index contributed by atoms with van der Waals surface area (Å²) in [6, 6.07) is 0.481. The molecule has 1 N–H and O–H groups in total. The molecule has 0 saturated heterocycles. The van der Waals surface area contributed by atoms with Crippen molar-refractivity contribution in [3.8, 4) is 0 Å². The van der Waals surface area contributed by atoms with Crippen molar-refractivity contribution in [2.75, 3.05) is 20.3 Å². The van der Waals surface area contributed by atoms with E-state index in [0.717, 1.165) is 19.6 Å². The summed E-state index contributed by atoms with van der Waals surface area (Å²) in [7, 11) is 1.76. The maximum absolute atomic E-state index is 5.27. The van der Waals surface area contributed by atoms with Gasteiger partial charge < -0.3 is 10.1 Å². The number of hydrogen-bond donors (Lipinski definition) is 1. The monoisotopic (exact) mass is 296 g/mol. The molecule has 2 unspecified atom stereocenters. The first-order valence-electron chi connectivity index (χ1n) is 7.68. The molecule has 3 nitrogen and oxygen atoms in total. The van der Waals surface area contributed by atoms with E-state index in [4.69, 9.17) is 9.72 Å². The number of nitrogens with one attached hydrogen (secondary N) is 1. The summed E-state index contributed by atoms with van der Waals surface area (Å²) in [5.74, 6) is 0.394. The topological polar surface area (TPSA) is 34.2 Å². The SMILES string of the molecule is CCCNC1CC(C)(C)Cc2nc(C(C)COC)sc21. The van der Waals surface area contributed by atoms with Gasteiger partial charge in [0.2, 0.25) is 0 Å². The van der Waals surface area contributed by atoms with Gasteiger partial charge >= 0.3 is 0 Å². The third-order valence-corrected chi connectivity index (χ3v) is 5.39. The molecule has 0 spiro atoms. The summed E-state index contributed by atoms with van der Waals surface area (Å²) in [4.78, 5) is 6.39. The number of nitrogens with zero attached hydrogens (tertiary/aromatic N) is 1. The average molecular weight is 296 g/mol. The fourth-order valence-electron chi connectivity index (χ4n) is 2.97. The van der Waals surface area contributed by atoms with Crippen molar-refractivity contribution in [3.05, 3.63) is 15.6 Å². The van der Waals surface area contributed by atoms with E-state index >= 15 is 0 Å². The molecule has 20 heavy (non-hydrogen) atoms. The lowest BCUT2D eigenvalue weighted by Gasteiger charge is -2.34. The lowest BCUT2D eigenvalue weighted by atomic mass is 9.76. The van der Waals surface area contributed by atoms with Gasteiger partial charge in [0.05, 0.1) is 17.3 Å². The molecule has 1 aliphatic rings. The third-order valence-electron chi connectivity index (χ3n) is 3.94. The summed E-state index contributed by atoms with van der Waals surface area (Å²) in [5, 5.41) is 4.94. The second-order valence-electron chi connectivity index (χ2n) is 6.77. The highest BCUT2D eigenvalue weighted by molar-refractivity contribution is 7.12. The molecule has 0 aromatic carbocycles. The fraction of sp³-hybridized carbons (Fsp3) is 0.812. The predicted molar refractivity (Wildman–Crippen MR) is 85.5 cm³/mol. The zero-order valence-electron chi connectivity index (χ0n) is 13.5. The molecular formula is C16H28N2OS. The smallest absolute Gasteiger partial charge is 0.0982 e. The van der Waals surface area contributed by atoms with Crippen molar-refractivity contribution in [3.63, 3.8) is 0 Å². The molecule has 2 rings (SSSR count). The maximum Gasteiger partial charge on any atom is 0.0982 e. The van der Waals surface area contributed by atoms with Gasteiger partial charge in [0, 0.05) is 23.9 Å². The lowest BCUT2D eigenvalue weighted by Crippen LogP contribution is -2.33. The Morgan fingerprint density at radius 1 is 1.50 bits per heavy atom. The second kappa shape index (κ2) is 6.54. The Morgan fingerprint density at radius 3 is 2.90 bits per heavy atom. The van der Waals surface area contributed by atoms with E-state index in [9.17, 15) is 0 Å². The van der Waals surface area contributed by atoms with Crippen LogP contribution in [0.2, 0.25) is 0 Å². The van der Waals surface area contributed by atoms with Crippen LogP contribution >= 0.6 is 11.3 Å². The molecule has 0 fully saturated rings. The van der Waals surface area contributed by atoms with Crippen LogP contribution in [0, 0.1) is 5.41 Å². The Bertz CT molecular complexity index is 442. The van der Waals surface area contributed by atoms with Gasteiger partial charge in [0.1, 0.15) is 0 Å². The molecule has 2 atom stereocenters. The van der Waals surface area contributed by atoms with E-state index in [-0.39, 0.29) is 0 Å². The van der Waals surface area contributed by atoms with Gasteiger partial charge in [-0.25, -0.2) is 4.98 Å². The highest BCUT2D eigenvalue weighted by atomic mass is 32.1. The Morgan fingerprint density at radius 2 is 2.25 bits per heavy atom. The predicted octanol–water partition coefficient (Wildman–Crippen LogP) is 3.91. The molecule has 114 valence electrons. The minimum absolute atomic E-state index is 0.342. The van der Waals surface area contributed by atoms with Crippen molar-refractivity contribution in [2.45, 2.75) is 58.9 Å². The van der Waals surface area contributed by atoms with Crippen LogP contribution in [0.25, 0.3) is 0 Å². The van der Waals surface area contributed by atoms with Crippen LogP contribution in [0.3, 0.4) is 0 Å². The molecule has 1 aromatic heterocycles. The normalized spacial score (nSPS) is 22.6. The summed E-state index contributed by atoms with van der Waals surface area (Å²) in [6.45, 7) is 11.0. The molecule has 0 aliphatic heterocycles. The summed E-state index contributed by atoms with van der Waals surface area (Å²) < 4.78 is 5.27. The number of rotatable bonds is 6. The van der Waals surface area contributed by atoms with E-state index in [1.54, 1.807) is 7.11 Å². The first-order chi connectivity index (χ1) is 9.46. The highest BCUT2D eigenvalue weighted by Gasteiger charge is 2.35. The minimum Gasteiger partial charge on any atom is -0.384 e. The van der Waals surface area contributed by atoms with Crippen molar-refractivity contribution >= 4 is 11.3 Å². The summed E-state index contributed by atoms with van der Waals surface area (Å²) in [5.41, 5.74) is 1.66. The average Bonchev–Trinajstić information content (AvgIpc) is 2.78. The van der Waals surface area contributed by atoms with Crippen molar-refractivity contribution < 1.29 is 4.74 Å². The van der Waals surface area contributed by atoms with Crippen molar-refractivity contribution in [1.29, 1.82) is 0 Å². The van der Waals surface area contributed by atoms with Gasteiger partial charge in [0.15, 0.2) is 0 Å². The van der Waals surface area contributed by atoms with Gasteiger partial charge in [-0.05, 0) is 31.2 Å². The Labute approximate surface area is 127 Å². The van der Waals surface area contributed by atoms with Crippen LogP contribution < -0.4 is 5.32 Å². The summed E-state index contributed by atoms with van der Waals surface area (Å²) >= 11 is 1.89. The molecule has 0 amide bonds. The molecule has 0 radical (unpaired) electrons.